The van der Waals surface area contributed by atoms with Crippen LogP contribution < -0.4 is 15.0 Å². The topological polar surface area (TPSA) is 41.6 Å². The number of para-hydroxylation sites is 2. The van der Waals surface area contributed by atoms with E-state index in [1.807, 2.05) is 38.2 Å². The lowest BCUT2D eigenvalue weighted by Crippen LogP contribution is -2.48. The van der Waals surface area contributed by atoms with E-state index in [-0.39, 0.29) is 5.91 Å². The molecular weight excluding hydrogens is 216 g/mol. The highest BCUT2D eigenvalue weighted by molar-refractivity contribution is 5.83. The summed E-state index contributed by atoms with van der Waals surface area (Å²) in [6.45, 7) is 3.32. The molecule has 1 atom stereocenters. The lowest BCUT2D eigenvalue weighted by Gasteiger charge is -2.32. The van der Waals surface area contributed by atoms with Crippen molar-refractivity contribution in [1.29, 1.82) is 0 Å². The molecule has 1 aromatic rings. The molecule has 0 spiro atoms. The summed E-state index contributed by atoms with van der Waals surface area (Å²) in [5.74, 6) is 0.742. The van der Waals surface area contributed by atoms with Crippen molar-refractivity contribution in [2.45, 2.75) is 19.4 Å². The van der Waals surface area contributed by atoms with E-state index in [0.29, 0.717) is 13.1 Å². The van der Waals surface area contributed by atoms with Gasteiger partial charge in [-0.25, -0.2) is 0 Å². The molecule has 17 heavy (non-hydrogen) atoms. The van der Waals surface area contributed by atoms with Crippen LogP contribution in [-0.2, 0) is 4.79 Å². The Kier molecular flexibility index (Phi) is 3.52. The second kappa shape index (κ2) is 5.08. The second-order valence-electron chi connectivity index (χ2n) is 4.25. The molecule has 1 aliphatic heterocycles. The average molecular weight is 234 g/mol. The lowest BCUT2D eigenvalue weighted by atomic mass is 10.2. The van der Waals surface area contributed by atoms with E-state index in [1.165, 1.54) is 0 Å². The monoisotopic (exact) mass is 234 g/mol. The van der Waals surface area contributed by atoms with Crippen molar-refractivity contribution >= 4 is 11.6 Å². The van der Waals surface area contributed by atoms with Gasteiger partial charge in [-0.2, -0.15) is 0 Å². The highest BCUT2D eigenvalue weighted by atomic mass is 16.5. The number of carbonyl (C=O) groups excluding carboxylic acids is 1. The van der Waals surface area contributed by atoms with Crippen molar-refractivity contribution in [3.8, 4) is 5.75 Å². The second-order valence-corrected chi connectivity index (χ2v) is 4.25. The molecule has 0 saturated carbocycles. The van der Waals surface area contributed by atoms with Gasteiger partial charge in [-0.15, -0.1) is 0 Å². The zero-order chi connectivity index (χ0) is 12.3. The van der Waals surface area contributed by atoms with Crippen LogP contribution in [0.15, 0.2) is 24.3 Å². The first-order chi connectivity index (χ1) is 8.22. The van der Waals surface area contributed by atoms with Crippen LogP contribution in [0, 0.1) is 0 Å². The smallest absolute Gasteiger partial charge is 0.262 e. The average Bonchev–Trinajstić information content (AvgIpc) is 2.36. The van der Waals surface area contributed by atoms with Gasteiger partial charge in [-0.05, 0) is 18.6 Å². The van der Waals surface area contributed by atoms with Crippen LogP contribution in [-0.4, -0.2) is 32.1 Å². The Bertz CT molecular complexity index is 406. The molecule has 1 unspecified atom stereocenters. The summed E-state index contributed by atoms with van der Waals surface area (Å²) in [6.07, 6.45) is 0.520. The number of likely N-dealkylation sites (N-methyl/N-ethyl adjacent to an activating group) is 1. The van der Waals surface area contributed by atoms with Gasteiger partial charge in [-0.1, -0.05) is 19.1 Å². The molecule has 0 bridgehead atoms. The van der Waals surface area contributed by atoms with Crippen LogP contribution in [0.5, 0.6) is 5.75 Å². The van der Waals surface area contributed by atoms with E-state index in [0.717, 1.165) is 17.9 Å². The first kappa shape index (κ1) is 11.8. The van der Waals surface area contributed by atoms with E-state index >= 15 is 0 Å². The van der Waals surface area contributed by atoms with Crippen molar-refractivity contribution in [2.75, 3.05) is 25.0 Å². The maximum absolute atomic E-state index is 11.8. The minimum Gasteiger partial charge on any atom is -0.477 e. The predicted molar refractivity (Wildman–Crippen MR) is 67.4 cm³/mol. The Morgan fingerprint density at radius 3 is 3.06 bits per heavy atom. The highest BCUT2D eigenvalue weighted by Gasteiger charge is 2.28. The normalized spacial score (nSPS) is 18.2. The molecule has 1 heterocycles. The van der Waals surface area contributed by atoms with Crippen LogP contribution in [0.1, 0.15) is 13.3 Å². The fourth-order valence-corrected chi connectivity index (χ4v) is 1.91. The zero-order valence-electron chi connectivity index (χ0n) is 10.3. The van der Waals surface area contributed by atoms with Crippen molar-refractivity contribution in [3.05, 3.63) is 24.3 Å². The number of fused-ring (bicyclic) bond motifs is 1. The van der Waals surface area contributed by atoms with E-state index in [1.54, 1.807) is 0 Å². The number of hydrogen-bond acceptors (Lipinski definition) is 3. The standard InChI is InChI=1S/C13H18N2O2/c1-3-8-14-13(16)12-9-15(2)10-6-4-5-7-11(10)17-12/h4-7,12H,3,8-9H2,1-2H3,(H,14,16). The Morgan fingerprint density at radius 1 is 1.53 bits per heavy atom. The zero-order valence-corrected chi connectivity index (χ0v) is 10.3. The van der Waals surface area contributed by atoms with Crippen LogP contribution >= 0.6 is 0 Å². The molecule has 0 aliphatic carbocycles. The Balaban J connectivity index is 2.08. The fourth-order valence-electron chi connectivity index (χ4n) is 1.91. The number of ether oxygens (including phenoxy) is 1. The van der Waals surface area contributed by atoms with Gasteiger partial charge in [0.25, 0.3) is 5.91 Å². The van der Waals surface area contributed by atoms with Gasteiger partial charge in [-0.3, -0.25) is 4.79 Å². The molecular formula is C13H18N2O2. The number of benzene rings is 1. The van der Waals surface area contributed by atoms with Crippen LogP contribution in [0.3, 0.4) is 0 Å². The number of nitrogens with one attached hydrogen (secondary N) is 1. The molecule has 0 aromatic heterocycles. The summed E-state index contributed by atoms with van der Waals surface area (Å²) >= 11 is 0. The minimum atomic E-state index is -0.415. The number of amides is 1. The van der Waals surface area contributed by atoms with E-state index in [2.05, 4.69) is 10.2 Å². The maximum atomic E-state index is 11.8. The van der Waals surface area contributed by atoms with E-state index < -0.39 is 6.10 Å². The molecule has 4 heteroatoms. The quantitative estimate of drug-likeness (QED) is 0.859. The summed E-state index contributed by atoms with van der Waals surface area (Å²) in [4.78, 5) is 13.9. The van der Waals surface area contributed by atoms with Gasteiger partial charge in [0.15, 0.2) is 6.10 Å². The Hall–Kier alpha value is -1.71. The first-order valence-electron chi connectivity index (χ1n) is 5.97. The molecule has 1 aromatic carbocycles. The third-order valence-electron chi connectivity index (χ3n) is 2.83. The van der Waals surface area contributed by atoms with Crippen molar-refractivity contribution in [3.63, 3.8) is 0 Å². The summed E-state index contributed by atoms with van der Waals surface area (Å²) in [5, 5.41) is 2.86. The molecule has 1 amide bonds. The Labute approximate surface area is 102 Å². The largest absolute Gasteiger partial charge is 0.477 e. The molecule has 1 N–H and O–H groups in total. The molecule has 1 aliphatic rings. The third kappa shape index (κ3) is 2.52. The third-order valence-corrected chi connectivity index (χ3v) is 2.83. The predicted octanol–water partition coefficient (Wildman–Crippen LogP) is 1.41. The van der Waals surface area contributed by atoms with Gasteiger partial charge in [0.05, 0.1) is 12.2 Å². The van der Waals surface area contributed by atoms with Crippen LogP contribution in [0.4, 0.5) is 5.69 Å². The summed E-state index contributed by atoms with van der Waals surface area (Å²) in [7, 11) is 1.97. The first-order valence-corrected chi connectivity index (χ1v) is 5.97. The number of rotatable bonds is 3. The van der Waals surface area contributed by atoms with Crippen molar-refractivity contribution in [2.24, 2.45) is 0 Å². The molecule has 0 saturated heterocycles. The SMILES string of the molecule is CCCNC(=O)C1CN(C)c2ccccc2O1. The van der Waals surface area contributed by atoms with Crippen molar-refractivity contribution < 1.29 is 9.53 Å². The highest BCUT2D eigenvalue weighted by Crippen LogP contribution is 2.31. The molecule has 4 nitrogen and oxygen atoms in total. The molecule has 2 rings (SSSR count). The van der Waals surface area contributed by atoms with E-state index in [9.17, 15) is 4.79 Å². The van der Waals surface area contributed by atoms with Crippen LogP contribution in [0.25, 0.3) is 0 Å². The van der Waals surface area contributed by atoms with E-state index in [4.69, 9.17) is 4.74 Å². The van der Waals surface area contributed by atoms with Gasteiger partial charge >= 0.3 is 0 Å². The Morgan fingerprint density at radius 2 is 2.29 bits per heavy atom. The van der Waals surface area contributed by atoms with Gasteiger partial charge in [0.2, 0.25) is 0 Å². The summed E-state index contributed by atoms with van der Waals surface area (Å²) in [5.41, 5.74) is 1.03. The fraction of sp³-hybridized carbons (Fsp3) is 0.462. The number of hydrogen-bond donors (Lipinski definition) is 1. The number of carbonyl (C=O) groups is 1. The van der Waals surface area contributed by atoms with Gasteiger partial charge < -0.3 is 15.0 Å². The van der Waals surface area contributed by atoms with Crippen LogP contribution in [0.2, 0.25) is 0 Å². The van der Waals surface area contributed by atoms with Gasteiger partial charge in [0, 0.05) is 13.6 Å². The summed E-state index contributed by atoms with van der Waals surface area (Å²) < 4.78 is 5.71. The number of nitrogens with zero attached hydrogens (tertiary/aromatic N) is 1. The maximum Gasteiger partial charge on any atom is 0.262 e. The molecule has 92 valence electrons. The van der Waals surface area contributed by atoms with Gasteiger partial charge in [0.1, 0.15) is 5.75 Å². The summed E-state index contributed by atoms with van der Waals surface area (Å²) in [6, 6.07) is 7.77. The van der Waals surface area contributed by atoms with Crippen molar-refractivity contribution in [1.82, 2.24) is 5.32 Å². The lowest BCUT2D eigenvalue weighted by molar-refractivity contribution is -0.127. The molecule has 0 radical (unpaired) electrons. The molecule has 0 fully saturated rings. The number of anilines is 1. The minimum absolute atomic E-state index is 0.0341.